The molecule has 5 nitrogen and oxygen atoms in total. The average molecular weight is 337 g/mol. The van der Waals surface area contributed by atoms with Gasteiger partial charge in [-0.3, -0.25) is 14.0 Å². The third-order valence-corrected chi connectivity index (χ3v) is 5.11. The van der Waals surface area contributed by atoms with Gasteiger partial charge in [0.15, 0.2) is 0 Å². The molecule has 1 aromatic carbocycles. The van der Waals surface area contributed by atoms with Crippen molar-refractivity contribution in [3.05, 3.63) is 58.4 Å². The highest BCUT2D eigenvalue weighted by molar-refractivity contribution is 7.24. The van der Waals surface area contributed by atoms with E-state index in [-0.39, 0.29) is 16.9 Å². The first kappa shape index (κ1) is 14.8. The maximum atomic E-state index is 12.9. The number of rotatable bonds is 3. The topological polar surface area (TPSA) is 63.5 Å². The van der Waals surface area contributed by atoms with Crippen LogP contribution in [0.15, 0.2) is 47.4 Å². The summed E-state index contributed by atoms with van der Waals surface area (Å²) >= 11 is 1.44. The molecule has 24 heavy (non-hydrogen) atoms. The van der Waals surface area contributed by atoms with E-state index < -0.39 is 0 Å². The molecule has 3 aromatic heterocycles. The van der Waals surface area contributed by atoms with Gasteiger partial charge in [-0.15, -0.1) is 11.3 Å². The van der Waals surface area contributed by atoms with Crippen LogP contribution in [0.3, 0.4) is 0 Å². The zero-order valence-corrected chi connectivity index (χ0v) is 13.9. The number of benzene rings is 1. The number of nitrogens with one attached hydrogen (secondary N) is 1. The number of pyridine rings is 2. The van der Waals surface area contributed by atoms with Crippen molar-refractivity contribution in [2.24, 2.45) is 0 Å². The molecule has 4 rings (SSSR count). The van der Waals surface area contributed by atoms with E-state index in [1.807, 2.05) is 35.6 Å². The predicted octanol–water partition coefficient (Wildman–Crippen LogP) is 3.20. The summed E-state index contributed by atoms with van der Waals surface area (Å²) in [6, 6.07) is 11.3. The Morgan fingerprint density at radius 2 is 2.08 bits per heavy atom. The van der Waals surface area contributed by atoms with Gasteiger partial charge in [0.1, 0.15) is 16.0 Å². The fraction of sp³-hybridized carbons (Fsp3) is 0.167. The molecular formula is C18H15N3O2S. The summed E-state index contributed by atoms with van der Waals surface area (Å²) in [4.78, 5) is 30.6. The van der Waals surface area contributed by atoms with Crippen LogP contribution >= 0.6 is 11.3 Å². The average Bonchev–Trinajstić information content (AvgIpc) is 2.99. The monoisotopic (exact) mass is 337 g/mol. The Labute approximate surface area is 141 Å². The minimum atomic E-state index is -0.323. The molecule has 0 aliphatic heterocycles. The lowest BCUT2D eigenvalue weighted by atomic mass is 10.1. The van der Waals surface area contributed by atoms with Crippen molar-refractivity contribution in [3.8, 4) is 0 Å². The van der Waals surface area contributed by atoms with Crippen LogP contribution in [-0.4, -0.2) is 21.8 Å². The van der Waals surface area contributed by atoms with Crippen LogP contribution < -0.4 is 10.7 Å². The molecular weight excluding hydrogens is 322 g/mol. The van der Waals surface area contributed by atoms with Gasteiger partial charge in [0.05, 0.1) is 15.6 Å². The molecule has 0 aliphatic rings. The molecule has 0 aliphatic carbocycles. The number of amides is 1. The Morgan fingerprint density at radius 3 is 2.92 bits per heavy atom. The van der Waals surface area contributed by atoms with E-state index in [4.69, 9.17) is 0 Å². The molecule has 6 heteroatoms. The molecule has 0 radical (unpaired) electrons. The molecule has 0 bridgehead atoms. The van der Waals surface area contributed by atoms with Crippen LogP contribution in [0, 0.1) is 0 Å². The first-order chi connectivity index (χ1) is 11.7. The lowest BCUT2D eigenvalue weighted by molar-refractivity contribution is 0.0954. The number of hydrogen-bond acceptors (Lipinski definition) is 4. The summed E-state index contributed by atoms with van der Waals surface area (Å²) in [7, 11) is 0. The summed E-state index contributed by atoms with van der Waals surface area (Å²) in [5, 5.41) is 3.28. The zero-order chi connectivity index (χ0) is 16.7. The van der Waals surface area contributed by atoms with Crippen LogP contribution in [0.25, 0.3) is 26.1 Å². The van der Waals surface area contributed by atoms with Gasteiger partial charge < -0.3 is 5.32 Å². The van der Waals surface area contributed by atoms with Gasteiger partial charge in [-0.25, -0.2) is 4.98 Å². The molecule has 0 spiro atoms. The SMILES string of the molecule is CCCNC(=O)c1c(=O)c2cccnc2n2c1sc1ccccc12. The Kier molecular flexibility index (Phi) is 3.54. The van der Waals surface area contributed by atoms with E-state index in [0.29, 0.717) is 22.4 Å². The highest BCUT2D eigenvalue weighted by atomic mass is 32.1. The second kappa shape index (κ2) is 5.72. The second-order valence-electron chi connectivity index (χ2n) is 5.54. The second-order valence-corrected chi connectivity index (χ2v) is 6.58. The van der Waals surface area contributed by atoms with Gasteiger partial charge in [-0.2, -0.15) is 0 Å². The minimum Gasteiger partial charge on any atom is -0.352 e. The Balaban J connectivity index is 2.19. The van der Waals surface area contributed by atoms with E-state index in [1.54, 1.807) is 18.3 Å². The van der Waals surface area contributed by atoms with Crippen molar-refractivity contribution in [3.63, 3.8) is 0 Å². The lowest BCUT2D eigenvalue weighted by Crippen LogP contribution is -2.30. The van der Waals surface area contributed by atoms with Crippen LogP contribution in [-0.2, 0) is 0 Å². The third kappa shape index (κ3) is 2.11. The number of aromatic nitrogens is 2. The highest BCUT2D eigenvalue weighted by Crippen LogP contribution is 2.30. The predicted molar refractivity (Wildman–Crippen MR) is 97.0 cm³/mol. The summed E-state index contributed by atoms with van der Waals surface area (Å²) in [6.45, 7) is 2.52. The van der Waals surface area contributed by atoms with Crippen molar-refractivity contribution in [1.29, 1.82) is 0 Å². The summed E-state index contributed by atoms with van der Waals surface area (Å²) in [6.07, 6.45) is 2.48. The van der Waals surface area contributed by atoms with Crippen molar-refractivity contribution in [2.45, 2.75) is 13.3 Å². The fourth-order valence-corrected chi connectivity index (χ4v) is 4.05. The number of para-hydroxylation sites is 1. The van der Waals surface area contributed by atoms with Gasteiger partial charge in [0.2, 0.25) is 5.43 Å². The van der Waals surface area contributed by atoms with Crippen molar-refractivity contribution >= 4 is 43.3 Å². The van der Waals surface area contributed by atoms with E-state index in [2.05, 4.69) is 10.3 Å². The number of carbonyl (C=O) groups is 1. The van der Waals surface area contributed by atoms with Crippen LogP contribution in [0.5, 0.6) is 0 Å². The molecule has 1 amide bonds. The fourth-order valence-electron chi connectivity index (χ4n) is 2.87. The van der Waals surface area contributed by atoms with E-state index in [0.717, 1.165) is 16.6 Å². The standard InChI is InChI=1S/C18H15N3O2S/c1-2-9-20-17(23)14-15(22)11-6-5-10-19-16(11)21-12-7-3-4-8-13(12)24-18(14)21/h3-8,10H,2,9H2,1H3,(H,20,23). The molecule has 0 unspecified atom stereocenters. The molecule has 0 fully saturated rings. The number of nitrogens with zero attached hydrogens (tertiary/aromatic N) is 2. The van der Waals surface area contributed by atoms with Crippen LogP contribution in [0.2, 0.25) is 0 Å². The Bertz CT molecular complexity index is 1140. The van der Waals surface area contributed by atoms with Gasteiger partial charge in [-0.05, 0) is 30.7 Å². The van der Waals surface area contributed by atoms with Crippen LogP contribution in [0.1, 0.15) is 23.7 Å². The third-order valence-electron chi connectivity index (χ3n) is 3.96. The van der Waals surface area contributed by atoms with Gasteiger partial charge >= 0.3 is 0 Å². The minimum absolute atomic E-state index is 0.199. The molecule has 120 valence electrons. The normalized spacial score (nSPS) is 11.4. The molecule has 0 atom stereocenters. The molecule has 3 heterocycles. The maximum Gasteiger partial charge on any atom is 0.258 e. The number of hydrogen-bond donors (Lipinski definition) is 1. The summed E-state index contributed by atoms with van der Waals surface area (Å²) < 4.78 is 2.93. The molecule has 1 N–H and O–H groups in total. The maximum absolute atomic E-state index is 12.9. The lowest BCUT2D eigenvalue weighted by Gasteiger charge is -2.08. The van der Waals surface area contributed by atoms with E-state index >= 15 is 0 Å². The van der Waals surface area contributed by atoms with E-state index in [1.165, 1.54) is 11.3 Å². The van der Waals surface area contributed by atoms with Gasteiger partial charge in [0, 0.05) is 12.7 Å². The van der Waals surface area contributed by atoms with Crippen LogP contribution in [0.4, 0.5) is 0 Å². The summed E-state index contributed by atoms with van der Waals surface area (Å²) in [5.41, 5.74) is 1.47. The Morgan fingerprint density at radius 1 is 1.25 bits per heavy atom. The molecule has 4 aromatic rings. The smallest absolute Gasteiger partial charge is 0.258 e. The summed E-state index contributed by atoms with van der Waals surface area (Å²) in [5.74, 6) is -0.323. The largest absolute Gasteiger partial charge is 0.352 e. The number of thiazole rings is 1. The molecule has 0 saturated carbocycles. The Hall–Kier alpha value is -2.73. The quantitative estimate of drug-likeness (QED) is 0.624. The van der Waals surface area contributed by atoms with E-state index in [9.17, 15) is 9.59 Å². The van der Waals surface area contributed by atoms with Gasteiger partial charge in [0.25, 0.3) is 5.91 Å². The zero-order valence-electron chi connectivity index (χ0n) is 13.1. The highest BCUT2D eigenvalue weighted by Gasteiger charge is 2.21. The first-order valence-corrected chi connectivity index (χ1v) is 8.63. The van der Waals surface area contributed by atoms with Crippen molar-refractivity contribution in [1.82, 2.24) is 14.7 Å². The van der Waals surface area contributed by atoms with Crippen molar-refractivity contribution in [2.75, 3.05) is 6.54 Å². The van der Waals surface area contributed by atoms with Gasteiger partial charge in [-0.1, -0.05) is 19.1 Å². The number of fused-ring (bicyclic) bond motifs is 5. The molecule has 0 saturated heterocycles. The van der Waals surface area contributed by atoms with Crippen molar-refractivity contribution < 1.29 is 4.79 Å². The number of carbonyl (C=O) groups excluding carboxylic acids is 1. The first-order valence-electron chi connectivity index (χ1n) is 7.81.